The molecular weight excluding hydrogens is 244 g/mol. The molecule has 1 aromatic carbocycles. The molecule has 1 aromatic heterocycles. The molecule has 0 spiro atoms. The van der Waals surface area contributed by atoms with E-state index in [0.29, 0.717) is 24.4 Å². The van der Waals surface area contributed by atoms with Crippen LogP contribution in [0, 0.1) is 5.41 Å². The van der Waals surface area contributed by atoms with Crippen LogP contribution in [0.3, 0.4) is 0 Å². The Bertz CT molecular complexity index is 634. The topological polar surface area (TPSA) is 75.3 Å². The fourth-order valence-corrected chi connectivity index (χ4v) is 1.65. The summed E-state index contributed by atoms with van der Waals surface area (Å²) >= 11 is 0. The molecule has 0 saturated heterocycles. The number of nitrogens with one attached hydrogen (secondary N) is 1. The standard InChI is InChI=1S/C14H14N2O3/c15-13-6-1-2-7-16(13)8-9-19-12-5-3-4-11(10-12)14(17)18/h1-7,10,15H,8-9H2,(H,17,18). The Morgan fingerprint density at radius 3 is 2.84 bits per heavy atom. The summed E-state index contributed by atoms with van der Waals surface area (Å²) in [5.41, 5.74) is 0.608. The number of carbonyl (C=O) groups is 1. The summed E-state index contributed by atoms with van der Waals surface area (Å²) in [4.78, 5) is 10.8. The maximum Gasteiger partial charge on any atom is 0.335 e. The Kier molecular flexibility index (Phi) is 3.97. The van der Waals surface area contributed by atoms with Gasteiger partial charge in [-0.2, -0.15) is 0 Å². The average molecular weight is 258 g/mol. The van der Waals surface area contributed by atoms with Crippen molar-refractivity contribution in [3.63, 3.8) is 0 Å². The van der Waals surface area contributed by atoms with Gasteiger partial charge in [0.1, 0.15) is 17.8 Å². The molecule has 0 radical (unpaired) electrons. The van der Waals surface area contributed by atoms with Crippen LogP contribution in [0.4, 0.5) is 0 Å². The molecule has 0 atom stereocenters. The van der Waals surface area contributed by atoms with Crippen molar-refractivity contribution in [1.82, 2.24) is 4.57 Å². The number of hydrogen-bond acceptors (Lipinski definition) is 3. The van der Waals surface area contributed by atoms with Crippen molar-refractivity contribution in [3.8, 4) is 5.75 Å². The molecule has 5 nitrogen and oxygen atoms in total. The molecular formula is C14H14N2O3. The number of pyridine rings is 1. The van der Waals surface area contributed by atoms with Gasteiger partial charge in [0.15, 0.2) is 0 Å². The SMILES string of the molecule is N=c1ccccn1CCOc1cccc(C(=O)O)c1. The predicted molar refractivity (Wildman–Crippen MR) is 69.2 cm³/mol. The normalized spacial score (nSPS) is 10.1. The molecule has 98 valence electrons. The van der Waals surface area contributed by atoms with E-state index in [2.05, 4.69) is 0 Å². The minimum absolute atomic E-state index is 0.200. The van der Waals surface area contributed by atoms with Gasteiger partial charge in [-0.05, 0) is 30.3 Å². The summed E-state index contributed by atoms with van der Waals surface area (Å²) in [5.74, 6) is -0.459. The second-order valence-corrected chi connectivity index (χ2v) is 3.96. The van der Waals surface area contributed by atoms with E-state index in [1.165, 1.54) is 12.1 Å². The highest BCUT2D eigenvalue weighted by Crippen LogP contribution is 2.13. The number of carboxylic acid groups (broad SMARTS) is 1. The number of aromatic nitrogens is 1. The second-order valence-electron chi connectivity index (χ2n) is 3.96. The zero-order valence-corrected chi connectivity index (χ0v) is 10.2. The van der Waals surface area contributed by atoms with E-state index in [4.69, 9.17) is 15.3 Å². The number of rotatable bonds is 5. The van der Waals surface area contributed by atoms with Gasteiger partial charge < -0.3 is 14.4 Å². The first-order valence-electron chi connectivity index (χ1n) is 5.83. The van der Waals surface area contributed by atoms with Crippen molar-refractivity contribution in [2.75, 3.05) is 6.61 Å². The maximum absolute atomic E-state index is 10.8. The van der Waals surface area contributed by atoms with Crippen molar-refractivity contribution < 1.29 is 14.6 Å². The first-order valence-corrected chi connectivity index (χ1v) is 5.83. The van der Waals surface area contributed by atoms with E-state index < -0.39 is 5.97 Å². The van der Waals surface area contributed by atoms with Crippen LogP contribution in [0.2, 0.25) is 0 Å². The van der Waals surface area contributed by atoms with Crippen LogP contribution in [0.25, 0.3) is 0 Å². The fourth-order valence-electron chi connectivity index (χ4n) is 1.65. The molecule has 0 unspecified atom stereocenters. The summed E-state index contributed by atoms with van der Waals surface area (Å²) < 4.78 is 7.24. The van der Waals surface area contributed by atoms with Crippen molar-refractivity contribution in [3.05, 3.63) is 59.7 Å². The lowest BCUT2D eigenvalue weighted by molar-refractivity contribution is 0.0696. The maximum atomic E-state index is 10.8. The van der Waals surface area contributed by atoms with Gasteiger partial charge in [-0.25, -0.2) is 4.79 Å². The van der Waals surface area contributed by atoms with Gasteiger partial charge in [0.2, 0.25) is 0 Å². The molecule has 2 rings (SSSR count). The second kappa shape index (κ2) is 5.86. The zero-order valence-electron chi connectivity index (χ0n) is 10.2. The Hall–Kier alpha value is -2.56. The average Bonchev–Trinajstić information content (AvgIpc) is 2.41. The molecule has 0 fully saturated rings. The molecule has 0 aliphatic rings. The molecule has 2 aromatic rings. The van der Waals surface area contributed by atoms with Gasteiger partial charge in [-0.3, -0.25) is 5.41 Å². The third kappa shape index (κ3) is 3.45. The highest BCUT2D eigenvalue weighted by atomic mass is 16.5. The number of nitrogens with zero attached hydrogens (tertiary/aromatic N) is 1. The molecule has 0 amide bonds. The first-order chi connectivity index (χ1) is 9.16. The number of hydrogen-bond donors (Lipinski definition) is 2. The number of benzene rings is 1. The Morgan fingerprint density at radius 2 is 2.11 bits per heavy atom. The lowest BCUT2D eigenvalue weighted by Gasteiger charge is -2.09. The van der Waals surface area contributed by atoms with Gasteiger partial charge in [-0.15, -0.1) is 0 Å². The minimum Gasteiger partial charge on any atom is -0.492 e. The van der Waals surface area contributed by atoms with Crippen molar-refractivity contribution in [1.29, 1.82) is 5.41 Å². The number of carboxylic acids is 1. The van der Waals surface area contributed by atoms with E-state index in [9.17, 15) is 4.79 Å². The van der Waals surface area contributed by atoms with E-state index in [1.807, 2.05) is 6.07 Å². The van der Waals surface area contributed by atoms with Crippen LogP contribution in [0.15, 0.2) is 48.7 Å². The fraction of sp³-hybridized carbons (Fsp3) is 0.143. The van der Waals surface area contributed by atoms with Crippen molar-refractivity contribution in [2.24, 2.45) is 0 Å². The highest BCUT2D eigenvalue weighted by Gasteiger charge is 2.03. The van der Waals surface area contributed by atoms with Gasteiger partial charge in [0.25, 0.3) is 0 Å². The van der Waals surface area contributed by atoms with Gasteiger partial charge in [-0.1, -0.05) is 12.1 Å². The van der Waals surface area contributed by atoms with Crippen LogP contribution >= 0.6 is 0 Å². The van der Waals surface area contributed by atoms with Gasteiger partial charge >= 0.3 is 5.97 Å². The van der Waals surface area contributed by atoms with Crippen LogP contribution in [0.5, 0.6) is 5.75 Å². The quantitative estimate of drug-likeness (QED) is 0.857. The molecule has 0 bridgehead atoms. The summed E-state index contributed by atoms with van der Waals surface area (Å²) in [5, 5.41) is 16.5. The predicted octanol–water partition coefficient (Wildman–Crippen LogP) is 1.74. The molecule has 0 aliphatic carbocycles. The van der Waals surface area contributed by atoms with Crippen molar-refractivity contribution in [2.45, 2.75) is 6.54 Å². The molecule has 1 heterocycles. The van der Waals surface area contributed by atoms with E-state index >= 15 is 0 Å². The summed E-state index contributed by atoms with van der Waals surface area (Å²) in [6.45, 7) is 0.917. The minimum atomic E-state index is -0.976. The third-order valence-electron chi connectivity index (χ3n) is 2.62. The smallest absolute Gasteiger partial charge is 0.335 e. The molecule has 0 saturated carbocycles. The van der Waals surface area contributed by atoms with Crippen LogP contribution in [0.1, 0.15) is 10.4 Å². The zero-order chi connectivity index (χ0) is 13.7. The Balaban J connectivity index is 1.96. The van der Waals surface area contributed by atoms with E-state index in [-0.39, 0.29) is 5.56 Å². The van der Waals surface area contributed by atoms with Crippen molar-refractivity contribution >= 4 is 5.97 Å². The van der Waals surface area contributed by atoms with Crippen LogP contribution in [-0.4, -0.2) is 22.2 Å². The van der Waals surface area contributed by atoms with E-state index in [1.54, 1.807) is 35.0 Å². The van der Waals surface area contributed by atoms with Crippen LogP contribution < -0.4 is 10.2 Å². The third-order valence-corrected chi connectivity index (χ3v) is 2.62. The summed E-state index contributed by atoms with van der Waals surface area (Å²) in [7, 11) is 0. The number of ether oxygens (including phenoxy) is 1. The van der Waals surface area contributed by atoms with Gasteiger partial charge in [0.05, 0.1) is 12.1 Å². The summed E-state index contributed by atoms with van der Waals surface area (Å²) in [6, 6.07) is 11.7. The molecule has 0 aliphatic heterocycles. The Labute approximate surface area is 110 Å². The molecule has 2 N–H and O–H groups in total. The lowest BCUT2D eigenvalue weighted by Crippen LogP contribution is -2.21. The Morgan fingerprint density at radius 1 is 1.26 bits per heavy atom. The van der Waals surface area contributed by atoms with Gasteiger partial charge in [0, 0.05) is 6.20 Å². The first kappa shape index (κ1) is 12.9. The highest BCUT2D eigenvalue weighted by molar-refractivity contribution is 5.87. The molecule has 5 heteroatoms. The number of aromatic carboxylic acids is 1. The lowest BCUT2D eigenvalue weighted by atomic mass is 10.2. The monoisotopic (exact) mass is 258 g/mol. The summed E-state index contributed by atoms with van der Waals surface area (Å²) in [6.07, 6.45) is 1.80. The van der Waals surface area contributed by atoms with E-state index in [0.717, 1.165) is 0 Å². The molecule has 19 heavy (non-hydrogen) atoms. The largest absolute Gasteiger partial charge is 0.492 e. The van der Waals surface area contributed by atoms with Crippen LogP contribution in [-0.2, 0) is 6.54 Å².